The van der Waals surface area contributed by atoms with Crippen LogP contribution in [-0.4, -0.2) is 23.3 Å². The Balaban J connectivity index is 1.48. The van der Waals surface area contributed by atoms with Gasteiger partial charge in [-0.3, -0.25) is 9.59 Å². The van der Waals surface area contributed by atoms with Crippen LogP contribution in [0.4, 0.5) is 5.69 Å². The van der Waals surface area contributed by atoms with Crippen LogP contribution in [0.2, 0.25) is 0 Å². The molecule has 1 aliphatic heterocycles. The lowest BCUT2D eigenvalue weighted by molar-refractivity contribution is -0.128. The van der Waals surface area contributed by atoms with E-state index >= 15 is 0 Å². The Bertz CT molecular complexity index is 1060. The Morgan fingerprint density at radius 3 is 2.60 bits per heavy atom. The van der Waals surface area contributed by atoms with Crippen molar-refractivity contribution in [3.05, 3.63) is 89.5 Å². The number of amides is 2. The molecule has 3 aromatic carbocycles. The van der Waals surface area contributed by atoms with Crippen molar-refractivity contribution in [2.75, 3.05) is 11.9 Å². The van der Waals surface area contributed by atoms with Crippen LogP contribution in [-0.2, 0) is 11.3 Å². The zero-order valence-corrected chi connectivity index (χ0v) is 16.9. The number of nitrogens with zero attached hydrogens (tertiary/aromatic N) is 1. The highest BCUT2D eigenvalue weighted by Gasteiger charge is 2.20. The Hall–Kier alpha value is -3.60. The highest BCUT2D eigenvalue weighted by molar-refractivity contribution is 6.05. The summed E-state index contributed by atoms with van der Waals surface area (Å²) >= 11 is 0. The molecule has 0 bridgehead atoms. The predicted octanol–water partition coefficient (Wildman–Crippen LogP) is 5.16. The average molecular weight is 400 g/mol. The van der Waals surface area contributed by atoms with Gasteiger partial charge >= 0.3 is 0 Å². The van der Waals surface area contributed by atoms with E-state index in [2.05, 4.69) is 5.32 Å². The molecule has 0 spiro atoms. The molecule has 0 radical (unpaired) electrons. The molecule has 0 atom stereocenters. The number of hydrogen-bond acceptors (Lipinski definition) is 3. The first-order valence-electron chi connectivity index (χ1n) is 10.1. The summed E-state index contributed by atoms with van der Waals surface area (Å²) in [6.45, 7) is 3.33. The van der Waals surface area contributed by atoms with E-state index in [0.29, 0.717) is 35.7 Å². The van der Waals surface area contributed by atoms with Gasteiger partial charge in [0.2, 0.25) is 5.91 Å². The number of carbonyl (C=O) groups is 2. The molecule has 152 valence electrons. The largest absolute Gasteiger partial charge is 0.455 e. The second-order valence-corrected chi connectivity index (χ2v) is 7.48. The summed E-state index contributed by atoms with van der Waals surface area (Å²) in [4.78, 5) is 26.6. The van der Waals surface area contributed by atoms with Crippen molar-refractivity contribution < 1.29 is 14.3 Å². The molecule has 2 amide bonds. The maximum Gasteiger partial charge on any atom is 0.255 e. The molecular weight excluding hydrogens is 376 g/mol. The van der Waals surface area contributed by atoms with E-state index in [0.717, 1.165) is 24.1 Å². The van der Waals surface area contributed by atoms with E-state index in [1.165, 1.54) is 0 Å². The number of ether oxygens (including phenoxy) is 1. The molecule has 0 aliphatic carbocycles. The Morgan fingerprint density at radius 1 is 1.03 bits per heavy atom. The van der Waals surface area contributed by atoms with Crippen LogP contribution in [0.3, 0.4) is 0 Å². The molecule has 0 aromatic heterocycles. The van der Waals surface area contributed by atoms with Gasteiger partial charge in [-0.05, 0) is 55.3 Å². The molecule has 1 heterocycles. The minimum atomic E-state index is -0.218. The highest BCUT2D eigenvalue weighted by atomic mass is 16.5. The Kier molecular flexibility index (Phi) is 5.80. The molecule has 0 unspecified atom stereocenters. The molecule has 4 rings (SSSR count). The highest BCUT2D eigenvalue weighted by Crippen LogP contribution is 2.30. The number of benzene rings is 3. The van der Waals surface area contributed by atoms with Crippen LogP contribution in [0.25, 0.3) is 0 Å². The van der Waals surface area contributed by atoms with E-state index in [1.54, 1.807) is 6.07 Å². The van der Waals surface area contributed by atoms with Gasteiger partial charge in [0, 0.05) is 25.1 Å². The molecule has 30 heavy (non-hydrogen) atoms. The summed E-state index contributed by atoms with van der Waals surface area (Å²) < 4.78 is 5.97. The molecule has 5 heteroatoms. The lowest BCUT2D eigenvalue weighted by atomic mass is 10.1. The number of likely N-dealkylation sites (tertiary alicyclic amines) is 1. The summed E-state index contributed by atoms with van der Waals surface area (Å²) in [5, 5.41) is 2.94. The Morgan fingerprint density at radius 2 is 1.83 bits per heavy atom. The smallest absolute Gasteiger partial charge is 0.255 e. The summed E-state index contributed by atoms with van der Waals surface area (Å²) in [7, 11) is 0. The van der Waals surface area contributed by atoms with Gasteiger partial charge in [0.05, 0.1) is 5.69 Å². The maximum atomic E-state index is 12.9. The third kappa shape index (κ3) is 4.69. The van der Waals surface area contributed by atoms with Crippen LogP contribution in [0, 0.1) is 6.92 Å². The quantitative estimate of drug-likeness (QED) is 0.622. The maximum absolute atomic E-state index is 12.9. The Labute approximate surface area is 176 Å². The fourth-order valence-electron chi connectivity index (χ4n) is 3.49. The second kappa shape index (κ2) is 8.82. The minimum absolute atomic E-state index is 0.173. The molecular formula is C25H24N2O3. The topological polar surface area (TPSA) is 58.6 Å². The van der Waals surface area contributed by atoms with Gasteiger partial charge < -0.3 is 15.0 Å². The molecule has 1 fully saturated rings. The number of aryl methyl sites for hydroxylation is 1. The van der Waals surface area contributed by atoms with Crippen LogP contribution < -0.4 is 10.1 Å². The van der Waals surface area contributed by atoms with E-state index in [1.807, 2.05) is 78.6 Å². The monoisotopic (exact) mass is 400 g/mol. The van der Waals surface area contributed by atoms with Crippen LogP contribution in [0.15, 0.2) is 72.8 Å². The number of rotatable bonds is 6. The van der Waals surface area contributed by atoms with E-state index in [4.69, 9.17) is 4.74 Å². The number of carbonyl (C=O) groups excluding carboxylic acids is 2. The van der Waals surface area contributed by atoms with Crippen molar-refractivity contribution in [2.45, 2.75) is 26.3 Å². The molecule has 3 aromatic rings. The van der Waals surface area contributed by atoms with Gasteiger partial charge in [0.1, 0.15) is 5.75 Å². The first kappa shape index (κ1) is 19.7. The average Bonchev–Trinajstić information content (AvgIpc) is 3.15. The third-order valence-corrected chi connectivity index (χ3v) is 5.12. The zero-order chi connectivity index (χ0) is 20.9. The molecule has 1 saturated heterocycles. The summed E-state index contributed by atoms with van der Waals surface area (Å²) in [6, 6.07) is 22.5. The first-order chi connectivity index (χ1) is 14.6. The number of nitrogens with one attached hydrogen (secondary N) is 1. The summed E-state index contributed by atoms with van der Waals surface area (Å²) in [5.41, 5.74) is 3.24. The summed E-state index contributed by atoms with van der Waals surface area (Å²) in [6.07, 6.45) is 1.51. The van der Waals surface area contributed by atoms with Crippen LogP contribution in [0.1, 0.15) is 34.3 Å². The van der Waals surface area contributed by atoms with Gasteiger partial charge in [-0.2, -0.15) is 0 Å². The SMILES string of the molecule is Cc1ccc(Oc2ccccc2NC(=O)c2cccc(CN3CCCC3=O)c2)cc1. The van der Waals surface area contributed by atoms with Crippen molar-refractivity contribution in [1.82, 2.24) is 4.90 Å². The molecule has 5 nitrogen and oxygen atoms in total. The lowest BCUT2D eigenvalue weighted by Gasteiger charge is -2.16. The van der Waals surface area contributed by atoms with Gasteiger partial charge in [-0.15, -0.1) is 0 Å². The fraction of sp³-hybridized carbons (Fsp3) is 0.200. The predicted molar refractivity (Wildman–Crippen MR) is 117 cm³/mol. The van der Waals surface area contributed by atoms with Crippen molar-refractivity contribution in [3.8, 4) is 11.5 Å². The van der Waals surface area contributed by atoms with Crippen LogP contribution in [0.5, 0.6) is 11.5 Å². The summed E-state index contributed by atoms with van der Waals surface area (Å²) in [5.74, 6) is 1.24. The lowest BCUT2D eigenvalue weighted by Crippen LogP contribution is -2.24. The zero-order valence-electron chi connectivity index (χ0n) is 16.9. The van der Waals surface area contributed by atoms with Gasteiger partial charge in [-0.1, -0.05) is 42.0 Å². The van der Waals surface area contributed by atoms with E-state index in [9.17, 15) is 9.59 Å². The first-order valence-corrected chi connectivity index (χ1v) is 10.1. The third-order valence-electron chi connectivity index (χ3n) is 5.12. The van der Waals surface area contributed by atoms with Gasteiger partial charge in [-0.25, -0.2) is 0 Å². The second-order valence-electron chi connectivity index (χ2n) is 7.48. The van der Waals surface area contributed by atoms with Crippen molar-refractivity contribution in [3.63, 3.8) is 0 Å². The van der Waals surface area contributed by atoms with Crippen LogP contribution >= 0.6 is 0 Å². The van der Waals surface area contributed by atoms with Crippen molar-refractivity contribution in [2.24, 2.45) is 0 Å². The standard InChI is InChI=1S/C25H24N2O3/c1-18-11-13-21(14-12-18)30-23-9-3-2-8-22(23)26-25(29)20-7-4-6-19(16-20)17-27-15-5-10-24(27)28/h2-4,6-9,11-14,16H,5,10,15,17H2,1H3,(H,26,29). The number of para-hydroxylation sites is 2. The number of anilines is 1. The van der Waals surface area contributed by atoms with Crippen molar-refractivity contribution in [1.29, 1.82) is 0 Å². The minimum Gasteiger partial charge on any atom is -0.455 e. The molecule has 0 saturated carbocycles. The van der Waals surface area contributed by atoms with Gasteiger partial charge in [0.15, 0.2) is 5.75 Å². The van der Waals surface area contributed by atoms with E-state index in [-0.39, 0.29) is 11.8 Å². The number of hydrogen-bond donors (Lipinski definition) is 1. The fourth-order valence-corrected chi connectivity index (χ4v) is 3.49. The molecule has 1 aliphatic rings. The van der Waals surface area contributed by atoms with E-state index < -0.39 is 0 Å². The molecule has 1 N–H and O–H groups in total. The van der Waals surface area contributed by atoms with Gasteiger partial charge in [0.25, 0.3) is 5.91 Å². The van der Waals surface area contributed by atoms with Crippen molar-refractivity contribution >= 4 is 17.5 Å². The normalized spacial score (nSPS) is 13.4.